The highest BCUT2D eigenvalue weighted by Crippen LogP contribution is 2.14. The molecule has 0 aromatic heterocycles. The van der Waals surface area contributed by atoms with Crippen molar-refractivity contribution in [2.24, 2.45) is 0 Å². The largest absolute Gasteiger partial charge is 0.335 e. The van der Waals surface area contributed by atoms with Gasteiger partial charge in [-0.3, -0.25) is 9.69 Å². The minimum absolute atomic E-state index is 0.00950. The maximum absolute atomic E-state index is 12.6. The second-order valence-corrected chi connectivity index (χ2v) is 8.31. The van der Waals surface area contributed by atoms with Crippen LogP contribution in [0.2, 0.25) is 0 Å². The van der Waals surface area contributed by atoms with Gasteiger partial charge in [0.1, 0.15) is 0 Å². The summed E-state index contributed by atoms with van der Waals surface area (Å²) in [7, 11) is 4.00. The molecule has 7 heteroatoms. The molecule has 1 atom stereocenters. The van der Waals surface area contributed by atoms with E-state index in [2.05, 4.69) is 25.8 Å². The van der Waals surface area contributed by atoms with Gasteiger partial charge in [0, 0.05) is 31.4 Å². The third-order valence-corrected chi connectivity index (χ3v) is 5.40. The predicted molar refractivity (Wildman–Crippen MR) is 124 cm³/mol. The molecule has 7 nitrogen and oxygen atoms in total. The summed E-state index contributed by atoms with van der Waals surface area (Å²) in [4.78, 5) is 29.1. The number of carbonyl (C=O) groups excluding carboxylic acids is 2. The Kier molecular flexibility index (Phi) is 8.44. The van der Waals surface area contributed by atoms with E-state index in [4.69, 9.17) is 0 Å². The fourth-order valence-corrected chi connectivity index (χ4v) is 3.83. The Bertz CT molecular complexity index is 820. The number of nitrogens with zero attached hydrogens (tertiary/aromatic N) is 2. The zero-order chi connectivity index (χ0) is 22.1. The van der Waals surface area contributed by atoms with Crippen LogP contribution in [0.15, 0.2) is 60.7 Å². The van der Waals surface area contributed by atoms with Crippen LogP contribution in [0.3, 0.4) is 0 Å². The van der Waals surface area contributed by atoms with Crippen LogP contribution in [0, 0.1) is 0 Å². The van der Waals surface area contributed by atoms with Crippen molar-refractivity contribution in [2.45, 2.75) is 24.9 Å². The molecule has 1 heterocycles. The molecule has 0 aliphatic carbocycles. The van der Waals surface area contributed by atoms with Crippen molar-refractivity contribution in [3.63, 3.8) is 0 Å². The van der Waals surface area contributed by atoms with Crippen LogP contribution in [0.25, 0.3) is 0 Å². The van der Waals surface area contributed by atoms with Crippen LogP contribution in [0.1, 0.15) is 24.4 Å². The van der Waals surface area contributed by atoms with Gasteiger partial charge in [-0.25, -0.2) is 4.79 Å². The van der Waals surface area contributed by atoms with Gasteiger partial charge in [-0.15, -0.1) is 0 Å². The zero-order valence-corrected chi connectivity index (χ0v) is 18.4. The molecule has 2 aromatic carbocycles. The number of urea groups is 1. The van der Waals surface area contributed by atoms with E-state index in [1.807, 2.05) is 74.8 Å². The highest BCUT2D eigenvalue weighted by molar-refractivity contribution is 5.92. The van der Waals surface area contributed by atoms with E-state index in [0.717, 1.165) is 43.7 Å². The first-order chi connectivity index (χ1) is 15.0. The first kappa shape index (κ1) is 22.8. The van der Waals surface area contributed by atoms with Gasteiger partial charge in [0.25, 0.3) is 0 Å². The fourth-order valence-electron chi connectivity index (χ4n) is 3.83. The molecule has 3 rings (SSSR count). The molecule has 1 saturated heterocycles. The van der Waals surface area contributed by atoms with Gasteiger partial charge >= 0.3 is 6.03 Å². The van der Waals surface area contributed by atoms with Crippen LogP contribution < -0.4 is 16.0 Å². The first-order valence-electron chi connectivity index (χ1n) is 10.8. The van der Waals surface area contributed by atoms with Gasteiger partial charge in [0.15, 0.2) is 0 Å². The Labute approximate surface area is 184 Å². The average molecular weight is 424 g/mol. The molecule has 3 N–H and O–H groups in total. The number of nitrogens with one attached hydrogen (secondary N) is 3. The molecule has 3 amide bonds. The van der Waals surface area contributed by atoms with Gasteiger partial charge in [0.2, 0.25) is 5.91 Å². The molecule has 0 spiro atoms. The lowest BCUT2D eigenvalue weighted by Gasteiger charge is -2.32. The number of piperidine rings is 1. The Morgan fingerprint density at radius 2 is 1.61 bits per heavy atom. The Balaban J connectivity index is 1.42. The van der Waals surface area contributed by atoms with Crippen molar-refractivity contribution in [2.75, 3.05) is 45.6 Å². The highest BCUT2D eigenvalue weighted by atomic mass is 16.2. The molecule has 0 radical (unpaired) electrons. The lowest BCUT2D eigenvalue weighted by Crippen LogP contribution is -2.50. The summed E-state index contributed by atoms with van der Waals surface area (Å²) < 4.78 is 0. The smallest absolute Gasteiger partial charge is 0.315 e. The highest BCUT2D eigenvalue weighted by Gasteiger charge is 2.23. The average Bonchev–Trinajstić information content (AvgIpc) is 2.75. The molecule has 2 aromatic rings. The van der Waals surface area contributed by atoms with Gasteiger partial charge in [-0.1, -0.05) is 48.5 Å². The van der Waals surface area contributed by atoms with E-state index in [-0.39, 0.29) is 24.0 Å². The van der Waals surface area contributed by atoms with Gasteiger partial charge in [-0.05, 0) is 44.6 Å². The lowest BCUT2D eigenvalue weighted by molar-refractivity contribution is -0.117. The fraction of sp³-hybridized carbons (Fsp3) is 0.417. The topological polar surface area (TPSA) is 76.7 Å². The molecule has 166 valence electrons. The van der Waals surface area contributed by atoms with E-state index in [9.17, 15) is 9.59 Å². The Morgan fingerprint density at radius 3 is 2.23 bits per heavy atom. The number of anilines is 1. The maximum Gasteiger partial charge on any atom is 0.315 e. The summed E-state index contributed by atoms with van der Waals surface area (Å²) in [6.07, 6.45) is 1.66. The van der Waals surface area contributed by atoms with Gasteiger partial charge in [-0.2, -0.15) is 0 Å². The van der Waals surface area contributed by atoms with Crippen molar-refractivity contribution in [3.05, 3.63) is 66.2 Å². The van der Waals surface area contributed by atoms with Crippen molar-refractivity contribution in [3.8, 4) is 0 Å². The molecule has 1 unspecified atom stereocenters. The van der Waals surface area contributed by atoms with E-state index in [1.165, 1.54) is 0 Å². The van der Waals surface area contributed by atoms with E-state index in [1.54, 1.807) is 0 Å². The third kappa shape index (κ3) is 7.70. The Hall–Kier alpha value is -2.90. The van der Waals surface area contributed by atoms with Crippen LogP contribution in [-0.2, 0) is 4.79 Å². The van der Waals surface area contributed by atoms with Gasteiger partial charge in [0.05, 0.1) is 12.6 Å². The molecular formula is C24H33N5O2. The van der Waals surface area contributed by atoms with Crippen molar-refractivity contribution >= 4 is 17.6 Å². The number of rotatable bonds is 8. The molecule has 0 bridgehead atoms. The summed E-state index contributed by atoms with van der Waals surface area (Å²) in [6.45, 7) is 2.67. The number of likely N-dealkylation sites (N-methyl/N-ethyl adjacent to an activating group) is 1. The number of benzene rings is 2. The number of amides is 3. The first-order valence-corrected chi connectivity index (χ1v) is 10.8. The van der Waals surface area contributed by atoms with E-state index < -0.39 is 0 Å². The number of carbonyl (C=O) groups is 2. The van der Waals surface area contributed by atoms with Crippen LogP contribution >= 0.6 is 0 Å². The normalized spacial score (nSPS) is 16.0. The molecule has 1 aliphatic heterocycles. The minimum Gasteiger partial charge on any atom is -0.335 e. The third-order valence-electron chi connectivity index (χ3n) is 5.40. The van der Waals surface area contributed by atoms with Crippen LogP contribution in [0.4, 0.5) is 10.5 Å². The molecule has 0 saturated carbocycles. The summed E-state index contributed by atoms with van der Waals surface area (Å²) in [6, 6.07) is 19.4. The lowest BCUT2D eigenvalue weighted by atomic mass is 10.0. The molecule has 31 heavy (non-hydrogen) atoms. The zero-order valence-electron chi connectivity index (χ0n) is 18.4. The maximum atomic E-state index is 12.6. The predicted octanol–water partition coefficient (Wildman–Crippen LogP) is 2.69. The minimum atomic E-state index is -0.143. The van der Waals surface area contributed by atoms with Crippen molar-refractivity contribution in [1.29, 1.82) is 0 Å². The molecule has 1 aliphatic rings. The second kappa shape index (κ2) is 11.5. The number of hydrogen-bond acceptors (Lipinski definition) is 4. The molecule has 1 fully saturated rings. The van der Waals surface area contributed by atoms with Crippen molar-refractivity contribution < 1.29 is 9.59 Å². The van der Waals surface area contributed by atoms with E-state index >= 15 is 0 Å². The van der Waals surface area contributed by atoms with E-state index in [0.29, 0.717) is 6.54 Å². The second-order valence-electron chi connectivity index (χ2n) is 8.31. The summed E-state index contributed by atoms with van der Waals surface area (Å²) >= 11 is 0. The Morgan fingerprint density at radius 1 is 1.00 bits per heavy atom. The standard InChI is InChI=1S/C24H33N5O2/c1-28(2)17-22(19-9-5-3-6-10-19)27-24(31)26-21-13-15-29(16-14-21)18-23(30)25-20-11-7-4-8-12-20/h3-12,21-22H,13-18H2,1-2H3,(H,25,30)(H2,26,27,31). The number of para-hydroxylation sites is 1. The quantitative estimate of drug-likeness (QED) is 0.610. The number of likely N-dealkylation sites (tertiary alicyclic amines) is 1. The van der Waals surface area contributed by atoms with Gasteiger partial charge < -0.3 is 20.9 Å². The monoisotopic (exact) mass is 423 g/mol. The van der Waals surface area contributed by atoms with Crippen LogP contribution in [0.5, 0.6) is 0 Å². The van der Waals surface area contributed by atoms with Crippen LogP contribution in [-0.4, -0.2) is 68.1 Å². The number of hydrogen-bond donors (Lipinski definition) is 3. The SMILES string of the molecule is CN(C)CC(NC(=O)NC1CCN(CC(=O)Nc2ccccc2)CC1)c1ccccc1. The summed E-state index contributed by atoms with van der Waals surface area (Å²) in [5.41, 5.74) is 1.90. The summed E-state index contributed by atoms with van der Waals surface area (Å²) in [5, 5.41) is 9.14. The van der Waals surface area contributed by atoms with Crippen molar-refractivity contribution in [1.82, 2.24) is 20.4 Å². The summed E-state index contributed by atoms with van der Waals surface area (Å²) in [5.74, 6) is -0.00950. The molecular weight excluding hydrogens is 390 g/mol.